The van der Waals surface area contributed by atoms with Gasteiger partial charge >= 0.3 is 0 Å². The van der Waals surface area contributed by atoms with E-state index in [4.69, 9.17) is 34.8 Å². The Morgan fingerprint density at radius 1 is 1.09 bits per heavy atom. The third-order valence-electron chi connectivity index (χ3n) is 1.26. The molecule has 0 fully saturated rings. The molecule has 4 heteroatoms. The maximum absolute atomic E-state index is 5.82. The standard InChI is InChI=1S/C7H5Cl3S/c8-4-1-6(9)5(3-11)7(10)2-4/h1-2,11H,3H2. The molecule has 0 saturated heterocycles. The fourth-order valence-corrected chi connectivity index (χ4v) is 2.20. The summed E-state index contributed by atoms with van der Waals surface area (Å²) < 4.78 is 0. The van der Waals surface area contributed by atoms with Crippen LogP contribution in [0.1, 0.15) is 5.56 Å². The molecular formula is C7H5Cl3S. The monoisotopic (exact) mass is 226 g/mol. The third kappa shape index (κ3) is 2.19. The van der Waals surface area contributed by atoms with E-state index in [0.29, 0.717) is 20.8 Å². The molecule has 11 heavy (non-hydrogen) atoms. The Labute approximate surface area is 85.9 Å². The highest BCUT2D eigenvalue weighted by Gasteiger charge is 2.04. The number of thiol groups is 1. The molecule has 0 aromatic heterocycles. The molecule has 0 aliphatic carbocycles. The molecule has 0 heterocycles. The summed E-state index contributed by atoms with van der Waals surface area (Å²) in [5, 5.41) is 1.68. The first-order valence-corrected chi connectivity index (χ1v) is 4.66. The van der Waals surface area contributed by atoms with Crippen molar-refractivity contribution in [3.05, 3.63) is 32.8 Å². The smallest absolute Gasteiger partial charge is 0.0476 e. The quantitative estimate of drug-likeness (QED) is 0.687. The summed E-state index contributed by atoms with van der Waals surface area (Å²) in [5.74, 6) is 0.523. The fraction of sp³-hybridized carbons (Fsp3) is 0.143. The molecule has 1 aromatic rings. The SMILES string of the molecule is SCc1c(Cl)cc(Cl)cc1Cl. The zero-order valence-electron chi connectivity index (χ0n) is 5.44. The van der Waals surface area contributed by atoms with Crippen molar-refractivity contribution in [2.75, 3.05) is 0 Å². The molecule has 0 N–H and O–H groups in total. The molecule has 60 valence electrons. The Bertz CT molecular complexity index is 249. The van der Waals surface area contributed by atoms with Gasteiger partial charge in [0.25, 0.3) is 0 Å². The van der Waals surface area contributed by atoms with Gasteiger partial charge in [0.05, 0.1) is 0 Å². The summed E-state index contributed by atoms with van der Waals surface area (Å²) in [6.45, 7) is 0. The average molecular weight is 228 g/mol. The second kappa shape index (κ2) is 3.90. The lowest BCUT2D eigenvalue weighted by atomic mass is 10.2. The van der Waals surface area contributed by atoms with Crippen LogP contribution in [0.25, 0.3) is 0 Å². The molecule has 0 atom stereocenters. The highest BCUT2D eigenvalue weighted by atomic mass is 35.5. The predicted octanol–water partition coefficient (Wildman–Crippen LogP) is 4.08. The Morgan fingerprint density at radius 3 is 1.91 bits per heavy atom. The molecule has 0 bridgehead atoms. The van der Waals surface area contributed by atoms with Gasteiger partial charge in [-0.25, -0.2) is 0 Å². The lowest BCUT2D eigenvalue weighted by molar-refractivity contribution is 1.43. The van der Waals surface area contributed by atoms with E-state index >= 15 is 0 Å². The van der Waals surface area contributed by atoms with Crippen LogP contribution < -0.4 is 0 Å². The maximum Gasteiger partial charge on any atom is 0.0476 e. The first kappa shape index (κ1) is 9.53. The predicted molar refractivity (Wildman–Crippen MR) is 54.2 cm³/mol. The van der Waals surface area contributed by atoms with Crippen molar-refractivity contribution in [1.82, 2.24) is 0 Å². The van der Waals surface area contributed by atoms with E-state index in [1.165, 1.54) is 0 Å². The molecule has 0 aliphatic heterocycles. The topological polar surface area (TPSA) is 0 Å². The second-order valence-corrected chi connectivity index (χ2v) is 3.57. The van der Waals surface area contributed by atoms with E-state index in [2.05, 4.69) is 12.6 Å². The van der Waals surface area contributed by atoms with E-state index in [9.17, 15) is 0 Å². The van der Waals surface area contributed by atoms with Gasteiger partial charge in [-0.2, -0.15) is 12.6 Å². The summed E-state index contributed by atoms with van der Waals surface area (Å²) >= 11 is 21.4. The van der Waals surface area contributed by atoms with Gasteiger partial charge in [0.15, 0.2) is 0 Å². The van der Waals surface area contributed by atoms with E-state index in [0.717, 1.165) is 5.56 Å². The molecule has 0 radical (unpaired) electrons. The Kier molecular flexibility index (Phi) is 3.38. The summed E-state index contributed by atoms with van der Waals surface area (Å²) in [6, 6.07) is 3.31. The van der Waals surface area contributed by atoms with E-state index in [1.807, 2.05) is 0 Å². The number of hydrogen-bond donors (Lipinski definition) is 1. The van der Waals surface area contributed by atoms with Crippen LogP contribution in [0, 0.1) is 0 Å². The van der Waals surface area contributed by atoms with Crippen molar-refractivity contribution in [3.63, 3.8) is 0 Å². The number of rotatable bonds is 1. The Hall–Kier alpha value is 0.440. The third-order valence-corrected chi connectivity index (χ3v) is 2.47. The summed E-state index contributed by atoms with van der Waals surface area (Å²) in [5.41, 5.74) is 0.820. The number of benzene rings is 1. The molecule has 1 rings (SSSR count). The van der Waals surface area contributed by atoms with Crippen LogP contribution in [0.5, 0.6) is 0 Å². The molecule has 0 unspecified atom stereocenters. The first-order valence-electron chi connectivity index (χ1n) is 2.89. The van der Waals surface area contributed by atoms with Crippen LogP contribution in [0.15, 0.2) is 12.1 Å². The van der Waals surface area contributed by atoms with Gasteiger partial charge in [0, 0.05) is 20.8 Å². The van der Waals surface area contributed by atoms with Gasteiger partial charge in [0.2, 0.25) is 0 Å². The molecule has 0 aliphatic rings. The van der Waals surface area contributed by atoms with Gasteiger partial charge in [-0.1, -0.05) is 34.8 Å². The van der Waals surface area contributed by atoms with Crippen molar-refractivity contribution in [3.8, 4) is 0 Å². The van der Waals surface area contributed by atoms with Gasteiger partial charge in [0.1, 0.15) is 0 Å². The van der Waals surface area contributed by atoms with Gasteiger partial charge in [-0.15, -0.1) is 0 Å². The molecule has 0 amide bonds. The highest BCUT2D eigenvalue weighted by Crippen LogP contribution is 2.29. The van der Waals surface area contributed by atoms with Crippen LogP contribution in [0.4, 0.5) is 0 Å². The van der Waals surface area contributed by atoms with Crippen molar-refractivity contribution < 1.29 is 0 Å². The molecule has 0 saturated carbocycles. The minimum atomic E-state index is 0.523. The Balaban J connectivity index is 3.25. The van der Waals surface area contributed by atoms with Crippen LogP contribution in [0.2, 0.25) is 15.1 Å². The van der Waals surface area contributed by atoms with E-state index < -0.39 is 0 Å². The average Bonchev–Trinajstić information content (AvgIpc) is 1.85. The van der Waals surface area contributed by atoms with Crippen LogP contribution in [-0.4, -0.2) is 0 Å². The maximum atomic E-state index is 5.82. The molecule has 1 aromatic carbocycles. The summed E-state index contributed by atoms with van der Waals surface area (Å²) in [4.78, 5) is 0. The Morgan fingerprint density at radius 2 is 1.55 bits per heavy atom. The zero-order chi connectivity index (χ0) is 8.43. The van der Waals surface area contributed by atoms with Gasteiger partial charge in [-0.3, -0.25) is 0 Å². The minimum absolute atomic E-state index is 0.523. The molecular weight excluding hydrogens is 223 g/mol. The van der Waals surface area contributed by atoms with Crippen LogP contribution in [-0.2, 0) is 5.75 Å². The fourth-order valence-electron chi connectivity index (χ4n) is 0.723. The van der Waals surface area contributed by atoms with Crippen molar-refractivity contribution in [2.45, 2.75) is 5.75 Å². The largest absolute Gasteiger partial charge is 0.174 e. The molecule has 0 spiro atoms. The normalized spacial score (nSPS) is 10.2. The minimum Gasteiger partial charge on any atom is -0.174 e. The van der Waals surface area contributed by atoms with E-state index in [-0.39, 0.29) is 0 Å². The van der Waals surface area contributed by atoms with Crippen molar-refractivity contribution in [2.24, 2.45) is 0 Å². The number of hydrogen-bond acceptors (Lipinski definition) is 1. The zero-order valence-corrected chi connectivity index (χ0v) is 8.61. The molecule has 0 nitrogen and oxygen atoms in total. The lowest BCUT2D eigenvalue weighted by Crippen LogP contribution is -1.82. The number of halogens is 3. The van der Waals surface area contributed by atoms with Crippen LogP contribution in [0.3, 0.4) is 0 Å². The highest BCUT2D eigenvalue weighted by molar-refractivity contribution is 7.79. The summed E-state index contributed by atoms with van der Waals surface area (Å²) in [7, 11) is 0. The van der Waals surface area contributed by atoms with E-state index in [1.54, 1.807) is 12.1 Å². The van der Waals surface area contributed by atoms with Crippen molar-refractivity contribution >= 4 is 47.4 Å². The first-order chi connectivity index (χ1) is 5.15. The van der Waals surface area contributed by atoms with Crippen LogP contribution >= 0.6 is 47.4 Å². The van der Waals surface area contributed by atoms with Gasteiger partial charge < -0.3 is 0 Å². The lowest BCUT2D eigenvalue weighted by Gasteiger charge is -2.03. The van der Waals surface area contributed by atoms with Crippen molar-refractivity contribution in [1.29, 1.82) is 0 Å². The summed E-state index contributed by atoms with van der Waals surface area (Å²) in [6.07, 6.45) is 0. The second-order valence-electron chi connectivity index (χ2n) is 2.01. The van der Waals surface area contributed by atoms with Gasteiger partial charge in [-0.05, 0) is 17.7 Å².